The van der Waals surface area contributed by atoms with E-state index in [-0.39, 0.29) is 10.5 Å². The van der Waals surface area contributed by atoms with Gasteiger partial charge in [-0.15, -0.1) is 0 Å². The predicted octanol–water partition coefficient (Wildman–Crippen LogP) is 4.25. The van der Waals surface area contributed by atoms with Crippen LogP contribution in [-0.2, 0) is 10.0 Å². The number of aryl methyl sites for hydroxylation is 1. The Morgan fingerprint density at radius 1 is 1.07 bits per heavy atom. The molecule has 2 rings (SSSR count). The van der Waals surface area contributed by atoms with E-state index in [1.165, 1.54) is 43.3 Å². The summed E-state index contributed by atoms with van der Waals surface area (Å²) >= 11 is 0. The Kier molecular flexibility index (Phi) is 6.69. The molecule has 0 heterocycles. The molecule has 0 bridgehead atoms. The van der Waals surface area contributed by atoms with Crippen LogP contribution in [0.2, 0.25) is 0 Å². The minimum atomic E-state index is -4.56. The highest BCUT2D eigenvalue weighted by atomic mass is 32.2. The number of nitrogens with one attached hydrogen (secondary N) is 2. The molecule has 158 valence electrons. The Hall–Kier alpha value is -2.46. The quantitative estimate of drug-likeness (QED) is 0.670. The fourth-order valence-electron chi connectivity index (χ4n) is 2.43. The zero-order chi connectivity index (χ0) is 22.0. The first-order valence-electron chi connectivity index (χ1n) is 8.58. The van der Waals surface area contributed by atoms with Gasteiger partial charge in [0.15, 0.2) is 0 Å². The molecule has 2 aromatic rings. The minimum absolute atomic E-state index is 0.0219. The zero-order valence-corrected chi connectivity index (χ0v) is 16.7. The van der Waals surface area contributed by atoms with E-state index in [2.05, 4.69) is 5.32 Å². The van der Waals surface area contributed by atoms with E-state index in [9.17, 15) is 30.8 Å². The van der Waals surface area contributed by atoms with E-state index in [1.807, 2.05) is 4.72 Å². The molecule has 2 atom stereocenters. The Bertz CT molecular complexity index is 1010. The van der Waals surface area contributed by atoms with Gasteiger partial charge in [-0.25, -0.2) is 17.5 Å². The van der Waals surface area contributed by atoms with Crippen LogP contribution < -0.4 is 10.0 Å². The molecule has 0 radical (unpaired) electrons. The standard InChI is InChI=1S/C19H20F4N2O3S/c1-11-9-15(7-8-17(11)20)24-18(26)14-5-4-6-16(10-14)29(27,28)25-13(3)12(2)19(21,22)23/h4-10,12-13,25H,1-3H3,(H,24,26). The highest BCUT2D eigenvalue weighted by molar-refractivity contribution is 7.89. The average Bonchev–Trinajstić information content (AvgIpc) is 2.63. The lowest BCUT2D eigenvalue weighted by atomic mass is 10.1. The van der Waals surface area contributed by atoms with Crippen molar-refractivity contribution in [3.8, 4) is 0 Å². The molecule has 0 saturated carbocycles. The highest BCUT2D eigenvalue weighted by Gasteiger charge is 2.40. The molecular weight excluding hydrogens is 412 g/mol. The normalized spacial score (nSPS) is 14.3. The summed E-state index contributed by atoms with van der Waals surface area (Å²) in [5.41, 5.74) is 0.607. The van der Waals surface area contributed by atoms with Gasteiger partial charge in [0.25, 0.3) is 5.91 Å². The van der Waals surface area contributed by atoms with E-state index >= 15 is 0 Å². The Morgan fingerprint density at radius 3 is 2.31 bits per heavy atom. The topological polar surface area (TPSA) is 75.3 Å². The summed E-state index contributed by atoms with van der Waals surface area (Å²) in [5.74, 6) is -2.99. The van der Waals surface area contributed by atoms with Crippen molar-refractivity contribution in [1.29, 1.82) is 0 Å². The summed E-state index contributed by atoms with van der Waals surface area (Å²) in [6, 6.07) is 7.42. The van der Waals surface area contributed by atoms with Crippen molar-refractivity contribution >= 4 is 21.6 Å². The molecule has 2 N–H and O–H groups in total. The van der Waals surface area contributed by atoms with Gasteiger partial charge in [-0.3, -0.25) is 4.79 Å². The van der Waals surface area contributed by atoms with E-state index in [0.29, 0.717) is 11.3 Å². The lowest BCUT2D eigenvalue weighted by Gasteiger charge is -2.23. The van der Waals surface area contributed by atoms with Gasteiger partial charge in [0.1, 0.15) is 5.82 Å². The second-order valence-electron chi connectivity index (χ2n) is 6.69. The fraction of sp³-hybridized carbons (Fsp3) is 0.316. The van der Waals surface area contributed by atoms with Gasteiger partial charge in [0.2, 0.25) is 10.0 Å². The lowest BCUT2D eigenvalue weighted by Crippen LogP contribution is -2.42. The number of rotatable bonds is 6. The van der Waals surface area contributed by atoms with Gasteiger partial charge in [-0.2, -0.15) is 13.2 Å². The second kappa shape index (κ2) is 8.50. The van der Waals surface area contributed by atoms with Crippen LogP contribution in [0.25, 0.3) is 0 Å². The van der Waals surface area contributed by atoms with Crippen LogP contribution in [-0.4, -0.2) is 26.5 Å². The molecule has 0 aliphatic heterocycles. The maximum Gasteiger partial charge on any atom is 0.393 e. The smallest absolute Gasteiger partial charge is 0.322 e. The monoisotopic (exact) mass is 432 g/mol. The van der Waals surface area contributed by atoms with Gasteiger partial charge >= 0.3 is 6.18 Å². The van der Waals surface area contributed by atoms with Gasteiger partial charge in [0.05, 0.1) is 10.8 Å². The summed E-state index contributed by atoms with van der Waals surface area (Å²) in [4.78, 5) is 12.0. The van der Waals surface area contributed by atoms with Gasteiger partial charge in [-0.1, -0.05) is 13.0 Å². The highest BCUT2D eigenvalue weighted by Crippen LogP contribution is 2.29. The number of carbonyl (C=O) groups is 1. The van der Waals surface area contributed by atoms with Crippen molar-refractivity contribution in [3.63, 3.8) is 0 Å². The van der Waals surface area contributed by atoms with Crippen LogP contribution in [0.15, 0.2) is 47.4 Å². The minimum Gasteiger partial charge on any atom is -0.322 e. The van der Waals surface area contributed by atoms with Crippen molar-refractivity contribution in [3.05, 3.63) is 59.4 Å². The molecule has 2 unspecified atom stereocenters. The Labute approximate surface area is 166 Å². The van der Waals surface area contributed by atoms with Crippen molar-refractivity contribution in [2.45, 2.75) is 37.9 Å². The molecule has 0 aliphatic carbocycles. The van der Waals surface area contributed by atoms with Crippen molar-refractivity contribution < 1.29 is 30.8 Å². The van der Waals surface area contributed by atoms with Crippen LogP contribution in [0, 0.1) is 18.7 Å². The van der Waals surface area contributed by atoms with Crippen LogP contribution in [0.1, 0.15) is 29.8 Å². The van der Waals surface area contributed by atoms with Crippen molar-refractivity contribution in [2.75, 3.05) is 5.32 Å². The van der Waals surface area contributed by atoms with Crippen LogP contribution in [0.3, 0.4) is 0 Å². The van der Waals surface area contributed by atoms with Crippen LogP contribution in [0.5, 0.6) is 0 Å². The van der Waals surface area contributed by atoms with Gasteiger partial charge in [0, 0.05) is 17.3 Å². The number of sulfonamides is 1. The fourth-order valence-corrected chi connectivity index (χ4v) is 3.80. The van der Waals surface area contributed by atoms with E-state index < -0.39 is 39.9 Å². The average molecular weight is 432 g/mol. The number of hydrogen-bond donors (Lipinski definition) is 2. The first-order valence-corrected chi connectivity index (χ1v) is 10.1. The molecule has 0 saturated heterocycles. The number of anilines is 1. The summed E-state index contributed by atoms with van der Waals surface area (Å²) in [7, 11) is -4.29. The Morgan fingerprint density at radius 2 is 1.72 bits per heavy atom. The SMILES string of the molecule is Cc1cc(NC(=O)c2cccc(S(=O)(=O)NC(C)C(C)C(F)(F)F)c2)ccc1F. The first kappa shape index (κ1) is 22.8. The Balaban J connectivity index is 2.21. The van der Waals surface area contributed by atoms with Crippen molar-refractivity contribution in [2.24, 2.45) is 5.92 Å². The van der Waals surface area contributed by atoms with Crippen LogP contribution in [0.4, 0.5) is 23.2 Å². The third-order valence-corrected chi connectivity index (χ3v) is 5.99. The number of alkyl halides is 3. The summed E-state index contributed by atoms with van der Waals surface area (Å²) in [6.07, 6.45) is -4.56. The zero-order valence-electron chi connectivity index (χ0n) is 15.8. The molecule has 0 aliphatic rings. The number of carbonyl (C=O) groups excluding carboxylic acids is 1. The number of benzene rings is 2. The number of amides is 1. The van der Waals surface area contributed by atoms with Gasteiger partial charge in [-0.05, 0) is 55.8 Å². The molecule has 5 nitrogen and oxygen atoms in total. The van der Waals surface area contributed by atoms with Gasteiger partial charge < -0.3 is 5.32 Å². The van der Waals surface area contributed by atoms with E-state index in [1.54, 1.807) is 0 Å². The molecular formula is C19H20F4N2O3S. The summed E-state index contributed by atoms with van der Waals surface area (Å²) < 4.78 is 78.6. The molecule has 0 spiro atoms. The number of hydrogen-bond acceptors (Lipinski definition) is 3. The lowest BCUT2D eigenvalue weighted by molar-refractivity contribution is -0.174. The first-order chi connectivity index (χ1) is 13.3. The second-order valence-corrected chi connectivity index (χ2v) is 8.40. The molecule has 1 amide bonds. The molecule has 0 fully saturated rings. The third kappa shape index (κ3) is 5.77. The summed E-state index contributed by atoms with van der Waals surface area (Å²) in [5, 5.41) is 2.51. The molecule has 29 heavy (non-hydrogen) atoms. The molecule has 10 heteroatoms. The van der Waals surface area contributed by atoms with E-state index in [4.69, 9.17) is 0 Å². The molecule has 0 aromatic heterocycles. The maximum absolute atomic E-state index is 13.3. The largest absolute Gasteiger partial charge is 0.393 e. The van der Waals surface area contributed by atoms with Crippen LogP contribution >= 0.6 is 0 Å². The third-order valence-electron chi connectivity index (χ3n) is 4.43. The predicted molar refractivity (Wildman–Crippen MR) is 101 cm³/mol. The number of halogens is 4. The van der Waals surface area contributed by atoms with Crippen molar-refractivity contribution in [1.82, 2.24) is 4.72 Å². The summed E-state index contributed by atoms with van der Waals surface area (Å²) in [6.45, 7) is 3.51. The maximum atomic E-state index is 13.3. The van der Waals surface area contributed by atoms with E-state index in [0.717, 1.165) is 19.9 Å². The molecule has 2 aromatic carbocycles.